The van der Waals surface area contributed by atoms with Gasteiger partial charge >= 0.3 is 0 Å². The Bertz CT molecular complexity index is 210. The summed E-state index contributed by atoms with van der Waals surface area (Å²) in [6.45, 7) is 5.95. The van der Waals surface area contributed by atoms with Crippen LogP contribution in [0.15, 0.2) is 0 Å². The Morgan fingerprint density at radius 1 is 1.18 bits per heavy atom. The highest BCUT2D eigenvalue weighted by molar-refractivity contribution is 4.91. The average molecular weight is 242 g/mol. The van der Waals surface area contributed by atoms with E-state index in [9.17, 15) is 0 Å². The van der Waals surface area contributed by atoms with Crippen LogP contribution in [0, 0.1) is 0 Å². The van der Waals surface area contributed by atoms with Gasteiger partial charge in [-0.15, -0.1) is 0 Å². The van der Waals surface area contributed by atoms with Gasteiger partial charge in [-0.05, 0) is 25.7 Å². The maximum absolute atomic E-state index is 5.53. The topological polar surface area (TPSA) is 33.7 Å². The van der Waals surface area contributed by atoms with Gasteiger partial charge in [0.2, 0.25) is 0 Å². The quantitative estimate of drug-likeness (QED) is 0.608. The maximum Gasteiger partial charge on any atom is 0.0591 e. The number of nitrogens with one attached hydrogen (secondary N) is 1. The predicted octanol–water partition coefficient (Wildman–Crippen LogP) is 0.866. The summed E-state index contributed by atoms with van der Waals surface area (Å²) in [6, 6.07) is 1.62. The van der Waals surface area contributed by atoms with Crippen molar-refractivity contribution in [2.75, 3.05) is 46.6 Å². The van der Waals surface area contributed by atoms with Gasteiger partial charge in [0.1, 0.15) is 0 Å². The lowest BCUT2D eigenvalue weighted by molar-refractivity contribution is 0.103. The lowest BCUT2D eigenvalue weighted by Crippen LogP contribution is -2.35. The molecule has 17 heavy (non-hydrogen) atoms. The minimum Gasteiger partial charge on any atom is -0.385 e. The van der Waals surface area contributed by atoms with Crippen molar-refractivity contribution >= 4 is 0 Å². The number of hydrogen-bond donors (Lipinski definition) is 1. The van der Waals surface area contributed by atoms with Crippen molar-refractivity contribution in [3.8, 4) is 0 Å². The molecule has 1 aliphatic carbocycles. The minimum atomic E-state index is 0.693. The van der Waals surface area contributed by atoms with Gasteiger partial charge in [-0.2, -0.15) is 0 Å². The molecule has 2 fully saturated rings. The Labute approximate surface area is 105 Å². The van der Waals surface area contributed by atoms with E-state index in [1.807, 2.05) is 0 Å². The van der Waals surface area contributed by atoms with Crippen LogP contribution in [0.5, 0.6) is 0 Å². The molecule has 1 N–H and O–H groups in total. The van der Waals surface area contributed by atoms with E-state index in [0.29, 0.717) is 6.04 Å². The monoisotopic (exact) mass is 242 g/mol. The lowest BCUT2D eigenvalue weighted by Gasteiger charge is -2.15. The first kappa shape index (κ1) is 13.3. The highest BCUT2D eigenvalue weighted by atomic mass is 16.5. The van der Waals surface area contributed by atoms with E-state index in [1.165, 1.54) is 32.4 Å². The van der Waals surface area contributed by atoms with Gasteiger partial charge < -0.3 is 14.8 Å². The van der Waals surface area contributed by atoms with Crippen molar-refractivity contribution in [3.63, 3.8) is 0 Å². The summed E-state index contributed by atoms with van der Waals surface area (Å²) in [6.07, 6.45) is 5.15. The molecule has 0 bridgehead atoms. The molecule has 1 unspecified atom stereocenters. The summed E-state index contributed by atoms with van der Waals surface area (Å²) in [4.78, 5) is 2.64. The molecule has 1 heterocycles. The van der Waals surface area contributed by atoms with Crippen molar-refractivity contribution in [1.29, 1.82) is 0 Å². The molecular weight excluding hydrogens is 216 g/mol. The number of likely N-dealkylation sites (tertiary alicyclic amines) is 1. The number of nitrogens with zero attached hydrogens (tertiary/aromatic N) is 1. The summed E-state index contributed by atoms with van der Waals surface area (Å²) >= 11 is 0. The Morgan fingerprint density at radius 2 is 2.06 bits per heavy atom. The number of rotatable bonds is 9. The second-order valence-corrected chi connectivity index (χ2v) is 5.12. The number of hydrogen-bond acceptors (Lipinski definition) is 4. The van der Waals surface area contributed by atoms with Crippen molar-refractivity contribution < 1.29 is 9.47 Å². The molecule has 0 spiro atoms. The predicted molar refractivity (Wildman–Crippen MR) is 68.3 cm³/mol. The third-order valence-electron chi connectivity index (χ3n) is 3.60. The molecule has 1 atom stereocenters. The summed E-state index contributed by atoms with van der Waals surface area (Å²) < 4.78 is 10.5. The Morgan fingerprint density at radius 3 is 2.82 bits per heavy atom. The van der Waals surface area contributed by atoms with E-state index < -0.39 is 0 Å². The largest absolute Gasteiger partial charge is 0.385 e. The van der Waals surface area contributed by atoms with E-state index in [1.54, 1.807) is 7.11 Å². The summed E-state index contributed by atoms with van der Waals surface area (Å²) in [5, 5.41) is 3.59. The molecule has 2 rings (SSSR count). The molecule has 0 amide bonds. The molecule has 2 aliphatic rings. The van der Waals surface area contributed by atoms with Crippen LogP contribution in [0.25, 0.3) is 0 Å². The third kappa shape index (κ3) is 4.92. The fourth-order valence-electron chi connectivity index (χ4n) is 2.47. The van der Waals surface area contributed by atoms with Crippen LogP contribution >= 0.6 is 0 Å². The lowest BCUT2D eigenvalue weighted by atomic mass is 10.3. The van der Waals surface area contributed by atoms with Gasteiger partial charge in [0.05, 0.1) is 6.61 Å². The van der Waals surface area contributed by atoms with Gasteiger partial charge in [0, 0.05) is 52.0 Å². The average Bonchev–Trinajstić information content (AvgIpc) is 3.09. The standard InChI is InChI=1S/C13H26N2O2/c1-16-8-2-9-17-10-6-14-12-5-7-15(11-12)13-3-4-13/h12-14H,2-11H2,1H3. The van der Waals surface area contributed by atoms with Crippen LogP contribution < -0.4 is 5.32 Å². The third-order valence-corrected chi connectivity index (χ3v) is 3.60. The van der Waals surface area contributed by atoms with Gasteiger partial charge in [0.25, 0.3) is 0 Å². The van der Waals surface area contributed by atoms with E-state index in [0.717, 1.165) is 38.8 Å². The molecular formula is C13H26N2O2. The highest BCUT2D eigenvalue weighted by Gasteiger charge is 2.33. The van der Waals surface area contributed by atoms with E-state index in [4.69, 9.17) is 9.47 Å². The smallest absolute Gasteiger partial charge is 0.0591 e. The van der Waals surface area contributed by atoms with Crippen LogP contribution in [-0.4, -0.2) is 63.5 Å². The molecule has 0 aromatic rings. The van der Waals surface area contributed by atoms with Crippen molar-refractivity contribution in [3.05, 3.63) is 0 Å². The van der Waals surface area contributed by atoms with Crippen LogP contribution in [-0.2, 0) is 9.47 Å². The molecule has 100 valence electrons. The zero-order valence-corrected chi connectivity index (χ0v) is 11.0. The van der Waals surface area contributed by atoms with Gasteiger partial charge in [0.15, 0.2) is 0 Å². The first-order chi connectivity index (χ1) is 8.40. The van der Waals surface area contributed by atoms with Crippen LogP contribution in [0.3, 0.4) is 0 Å². The summed E-state index contributed by atoms with van der Waals surface area (Å²) in [5.41, 5.74) is 0. The fraction of sp³-hybridized carbons (Fsp3) is 1.00. The summed E-state index contributed by atoms with van der Waals surface area (Å²) in [7, 11) is 1.73. The second kappa shape index (κ2) is 7.31. The van der Waals surface area contributed by atoms with Gasteiger partial charge in [-0.25, -0.2) is 0 Å². The van der Waals surface area contributed by atoms with Gasteiger partial charge in [-0.3, -0.25) is 4.90 Å². The van der Waals surface area contributed by atoms with Crippen molar-refractivity contribution in [2.45, 2.75) is 37.8 Å². The normalized spacial score (nSPS) is 25.6. The molecule has 1 saturated heterocycles. The van der Waals surface area contributed by atoms with E-state index in [-0.39, 0.29) is 0 Å². The molecule has 1 saturated carbocycles. The first-order valence-corrected chi connectivity index (χ1v) is 6.94. The van der Waals surface area contributed by atoms with Crippen molar-refractivity contribution in [2.24, 2.45) is 0 Å². The Hall–Kier alpha value is -0.160. The van der Waals surface area contributed by atoms with Crippen molar-refractivity contribution in [1.82, 2.24) is 10.2 Å². The Kier molecular flexibility index (Phi) is 5.71. The molecule has 4 nitrogen and oxygen atoms in total. The number of ether oxygens (including phenoxy) is 2. The van der Waals surface area contributed by atoms with Crippen LogP contribution in [0.2, 0.25) is 0 Å². The molecule has 4 heteroatoms. The molecule has 1 aliphatic heterocycles. The molecule has 0 aromatic heterocycles. The zero-order chi connectivity index (χ0) is 11.9. The first-order valence-electron chi connectivity index (χ1n) is 6.94. The zero-order valence-electron chi connectivity index (χ0n) is 11.0. The van der Waals surface area contributed by atoms with Crippen LogP contribution in [0.1, 0.15) is 25.7 Å². The van der Waals surface area contributed by atoms with Crippen LogP contribution in [0.4, 0.5) is 0 Å². The van der Waals surface area contributed by atoms with E-state index in [2.05, 4.69) is 10.2 Å². The Balaban J connectivity index is 1.40. The maximum atomic E-state index is 5.53. The molecule has 0 radical (unpaired) electrons. The molecule has 0 aromatic carbocycles. The summed E-state index contributed by atoms with van der Waals surface area (Å²) in [5.74, 6) is 0. The number of methoxy groups -OCH3 is 1. The van der Waals surface area contributed by atoms with Gasteiger partial charge in [-0.1, -0.05) is 0 Å². The highest BCUT2D eigenvalue weighted by Crippen LogP contribution is 2.29. The second-order valence-electron chi connectivity index (χ2n) is 5.12. The fourth-order valence-corrected chi connectivity index (χ4v) is 2.47. The minimum absolute atomic E-state index is 0.693. The SMILES string of the molecule is COCCCOCCNC1CCN(C2CC2)C1. The van der Waals surface area contributed by atoms with E-state index >= 15 is 0 Å².